The van der Waals surface area contributed by atoms with Gasteiger partial charge in [-0.1, -0.05) is 0 Å². The third-order valence-electron chi connectivity index (χ3n) is 3.99. The lowest BCUT2D eigenvalue weighted by Crippen LogP contribution is -2.26. The lowest BCUT2D eigenvalue weighted by molar-refractivity contribution is 0.0967. The van der Waals surface area contributed by atoms with Crippen molar-refractivity contribution >= 4 is 21.9 Å². The Balaban J connectivity index is 1.80. The fraction of sp³-hybridized carbons (Fsp3) is 0.105. The lowest BCUT2D eigenvalue weighted by Gasteiger charge is -2.18. The van der Waals surface area contributed by atoms with Crippen LogP contribution in [0.15, 0.2) is 59.0 Å². The van der Waals surface area contributed by atoms with Crippen LogP contribution in [-0.2, 0) is 10.3 Å². The molecule has 0 saturated carbocycles. The van der Waals surface area contributed by atoms with Crippen LogP contribution < -0.4 is 14.2 Å². The monoisotopic (exact) mass is 404 g/mol. The molecule has 1 aromatic heterocycles. The van der Waals surface area contributed by atoms with E-state index in [1.54, 1.807) is 32.2 Å². The first-order chi connectivity index (χ1) is 13.1. The predicted molar refractivity (Wildman–Crippen MR) is 102 cm³/mol. The molecule has 0 radical (unpaired) electrons. The number of nitrogens with two attached hydrogens (primary N) is 1. The van der Waals surface area contributed by atoms with E-state index >= 15 is 0 Å². The second-order valence-electron chi connectivity index (χ2n) is 6.06. The maximum Gasteiger partial charge on any atom is 0.380 e. The van der Waals surface area contributed by atoms with Crippen molar-refractivity contribution in [2.75, 3.05) is 11.9 Å². The van der Waals surface area contributed by atoms with Gasteiger partial charge in [0.05, 0.1) is 0 Å². The van der Waals surface area contributed by atoms with Crippen LogP contribution in [0.1, 0.15) is 16.1 Å². The van der Waals surface area contributed by atoms with E-state index in [-0.39, 0.29) is 17.3 Å². The molecule has 2 N–H and O–H groups in total. The maximum absolute atomic E-state index is 13.3. The van der Waals surface area contributed by atoms with Crippen molar-refractivity contribution in [2.24, 2.45) is 5.14 Å². The molecule has 0 aliphatic carbocycles. The number of halogens is 1. The van der Waals surface area contributed by atoms with Gasteiger partial charge in [-0.15, -0.1) is 0 Å². The van der Waals surface area contributed by atoms with Crippen LogP contribution >= 0.6 is 0 Å². The van der Waals surface area contributed by atoms with Crippen LogP contribution in [0.5, 0.6) is 5.75 Å². The summed E-state index contributed by atoms with van der Waals surface area (Å²) in [5, 5.41) is 4.82. The van der Waals surface area contributed by atoms with Gasteiger partial charge in [0.2, 0.25) is 0 Å². The zero-order chi connectivity index (χ0) is 20.5. The van der Waals surface area contributed by atoms with Crippen molar-refractivity contribution in [3.05, 3.63) is 71.7 Å². The minimum atomic E-state index is -4.10. The number of nitrogens with zero attached hydrogens (tertiary/aromatic N) is 1. The summed E-state index contributed by atoms with van der Waals surface area (Å²) in [6.07, 6.45) is 0. The Morgan fingerprint density at radius 1 is 1.11 bits per heavy atom. The highest BCUT2D eigenvalue weighted by Gasteiger charge is 2.19. The summed E-state index contributed by atoms with van der Waals surface area (Å²) in [6, 6.07) is 13.3. The number of furan rings is 1. The van der Waals surface area contributed by atoms with Crippen molar-refractivity contribution in [1.29, 1.82) is 0 Å². The van der Waals surface area contributed by atoms with Gasteiger partial charge in [0.15, 0.2) is 5.76 Å². The molecular formula is C19H17FN2O5S. The molecule has 3 aromatic rings. The second kappa shape index (κ2) is 7.45. The molecule has 1 amide bonds. The first-order valence-corrected chi connectivity index (χ1v) is 9.58. The second-order valence-corrected chi connectivity index (χ2v) is 7.21. The van der Waals surface area contributed by atoms with E-state index in [9.17, 15) is 17.6 Å². The average molecular weight is 404 g/mol. The first-order valence-electron chi connectivity index (χ1n) is 8.11. The van der Waals surface area contributed by atoms with Gasteiger partial charge in [0.1, 0.15) is 17.3 Å². The van der Waals surface area contributed by atoms with Gasteiger partial charge >= 0.3 is 10.3 Å². The Kier molecular flexibility index (Phi) is 5.21. The van der Waals surface area contributed by atoms with Crippen LogP contribution in [0.3, 0.4) is 0 Å². The summed E-state index contributed by atoms with van der Waals surface area (Å²) in [5.41, 5.74) is 1.79. The van der Waals surface area contributed by atoms with E-state index in [0.29, 0.717) is 22.6 Å². The highest BCUT2D eigenvalue weighted by molar-refractivity contribution is 7.84. The van der Waals surface area contributed by atoms with Gasteiger partial charge in [-0.25, -0.2) is 4.39 Å². The molecule has 0 aliphatic rings. The van der Waals surface area contributed by atoms with Gasteiger partial charge in [0.25, 0.3) is 5.91 Å². The normalized spacial score (nSPS) is 11.3. The van der Waals surface area contributed by atoms with Crippen molar-refractivity contribution < 1.29 is 26.2 Å². The van der Waals surface area contributed by atoms with Gasteiger partial charge in [0, 0.05) is 18.3 Å². The molecule has 28 heavy (non-hydrogen) atoms. The largest absolute Gasteiger partial charge is 0.451 e. The summed E-state index contributed by atoms with van der Waals surface area (Å²) in [4.78, 5) is 14.1. The van der Waals surface area contributed by atoms with E-state index in [4.69, 9.17) is 9.56 Å². The zero-order valence-corrected chi connectivity index (χ0v) is 15.9. The number of hydrogen-bond donors (Lipinski definition) is 1. The smallest absolute Gasteiger partial charge is 0.380 e. The standard InChI is InChI=1S/C19H17FN2O5S/c1-12-11-14(20)5-8-16(12)22(2)19(23)18-10-9-17(26-18)13-3-6-15(7-4-13)27-28(21,24)25/h3-11H,1-2H3,(H2,21,24,25). The minimum Gasteiger partial charge on any atom is -0.451 e. The molecule has 7 nitrogen and oxygen atoms in total. The molecule has 0 bridgehead atoms. The van der Waals surface area contributed by atoms with Gasteiger partial charge in [-0.3, -0.25) is 4.79 Å². The number of carbonyl (C=O) groups excluding carboxylic acids is 1. The van der Waals surface area contributed by atoms with E-state index in [0.717, 1.165) is 0 Å². The molecular weight excluding hydrogens is 387 g/mol. The number of rotatable bonds is 5. The number of aryl methyl sites for hydroxylation is 1. The SMILES string of the molecule is Cc1cc(F)ccc1N(C)C(=O)c1ccc(-c2ccc(OS(N)(=O)=O)cc2)o1. The summed E-state index contributed by atoms with van der Waals surface area (Å²) >= 11 is 0. The fourth-order valence-corrected chi connectivity index (χ4v) is 3.07. The third-order valence-corrected chi connectivity index (χ3v) is 4.42. The van der Waals surface area contributed by atoms with Crippen LogP contribution in [-0.4, -0.2) is 21.4 Å². The molecule has 2 aromatic carbocycles. The van der Waals surface area contributed by atoms with E-state index in [2.05, 4.69) is 4.18 Å². The van der Waals surface area contributed by atoms with Crippen LogP contribution in [0, 0.1) is 12.7 Å². The minimum absolute atomic E-state index is 0.0561. The van der Waals surface area contributed by atoms with Gasteiger partial charge in [-0.05, 0) is 67.1 Å². The van der Waals surface area contributed by atoms with Crippen molar-refractivity contribution in [2.45, 2.75) is 6.92 Å². The molecule has 9 heteroatoms. The summed E-state index contributed by atoms with van der Waals surface area (Å²) in [7, 11) is -2.53. The van der Waals surface area contributed by atoms with E-state index in [1.165, 1.54) is 41.3 Å². The molecule has 0 unspecified atom stereocenters. The number of anilines is 1. The molecule has 0 aliphatic heterocycles. The molecule has 1 heterocycles. The summed E-state index contributed by atoms with van der Waals surface area (Å²) < 4.78 is 45.3. The van der Waals surface area contributed by atoms with Gasteiger partial charge < -0.3 is 13.5 Å². The Labute approximate surface area is 161 Å². The highest BCUT2D eigenvalue weighted by Crippen LogP contribution is 2.27. The maximum atomic E-state index is 13.3. The molecule has 0 atom stereocenters. The molecule has 146 valence electrons. The Hall–Kier alpha value is -3.17. The first kappa shape index (κ1) is 19.6. The highest BCUT2D eigenvalue weighted by atomic mass is 32.2. The number of carbonyl (C=O) groups is 1. The third kappa shape index (κ3) is 4.38. The Morgan fingerprint density at radius 2 is 1.79 bits per heavy atom. The molecule has 0 spiro atoms. The number of benzene rings is 2. The van der Waals surface area contributed by atoms with E-state index < -0.39 is 16.2 Å². The van der Waals surface area contributed by atoms with Crippen LogP contribution in [0.4, 0.5) is 10.1 Å². The Morgan fingerprint density at radius 3 is 2.39 bits per heavy atom. The van der Waals surface area contributed by atoms with Gasteiger partial charge in [-0.2, -0.15) is 13.6 Å². The molecule has 3 rings (SSSR count). The predicted octanol–water partition coefficient (Wildman–Crippen LogP) is 3.25. The van der Waals surface area contributed by atoms with Crippen molar-refractivity contribution in [1.82, 2.24) is 0 Å². The fourth-order valence-electron chi connectivity index (χ4n) is 2.69. The topological polar surface area (TPSA) is 103 Å². The van der Waals surface area contributed by atoms with Crippen molar-refractivity contribution in [3.63, 3.8) is 0 Å². The van der Waals surface area contributed by atoms with Crippen LogP contribution in [0.25, 0.3) is 11.3 Å². The zero-order valence-electron chi connectivity index (χ0n) is 15.0. The number of amides is 1. The summed E-state index contributed by atoms with van der Waals surface area (Å²) in [5.74, 6) is -0.200. The molecule has 0 saturated heterocycles. The van der Waals surface area contributed by atoms with Crippen LogP contribution in [0.2, 0.25) is 0 Å². The van der Waals surface area contributed by atoms with E-state index in [1.807, 2.05) is 0 Å². The number of hydrogen-bond acceptors (Lipinski definition) is 5. The average Bonchev–Trinajstić information content (AvgIpc) is 3.10. The lowest BCUT2D eigenvalue weighted by atomic mass is 10.1. The Bertz CT molecular complexity index is 1120. The summed E-state index contributed by atoms with van der Waals surface area (Å²) in [6.45, 7) is 1.71. The molecule has 0 fully saturated rings. The quantitative estimate of drug-likeness (QED) is 0.703. The van der Waals surface area contributed by atoms with Crippen molar-refractivity contribution in [3.8, 4) is 17.1 Å².